The van der Waals surface area contributed by atoms with Gasteiger partial charge in [-0.3, -0.25) is 0 Å². The van der Waals surface area contributed by atoms with Gasteiger partial charge >= 0.3 is 6.18 Å². The molecule has 0 amide bonds. The summed E-state index contributed by atoms with van der Waals surface area (Å²) in [7, 11) is 1.43. The first kappa shape index (κ1) is 13.4. The van der Waals surface area contributed by atoms with Gasteiger partial charge in [-0.2, -0.15) is 13.2 Å². The molecule has 0 fully saturated rings. The molecule has 0 saturated carbocycles. The van der Waals surface area contributed by atoms with E-state index in [-0.39, 0.29) is 0 Å². The van der Waals surface area contributed by atoms with Crippen LogP contribution in [0, 0.1) is 0 Å². The second-order valence-corrected chi connectivity index (χ2v) is 4.14. The second kappa shape index (κ2) is 5.10. The van der Waals surface area contributed by atoms with Crippen molar-refractivity contribution in [3.8, 4) is 5.75 Å². The molecule has 0 bridgehead atoms. The molecule has 1 nitrogen and oxygen atoms in total. The molecule has 0 aromatic heterocycles. The summed E-state index contributed by atoms with van der Waals surface area (Å²) in [5.74, 6) is 0.459. The first-order chi connectivity index (χ1) is 7.34. The summed E-state index contributed by atoms with van der Waals surface area (Å²) in [6, 6.07) is 4.67. The van der Waals surface area contributed by atoms with Crippen LogP contribution in [0.1, 0.15) is 5.56 Å². The van der Waals surface area contributed by atoms with E-state index in [1.54, 1.807) is 12.1 Å². The monoisotopic (exact) mass is 314 g/mol. The molecule has 0 N–H and O–H groups in total. The SMILES string of the molecule is COc1ccc(Br)c(C=C(Cl)C(F)(F)F)c1. The number of hydrogen-bond acceptors (Lipinski definition) is 1. The summed E-state index contributed by atoms with van der Waals surface area (Å²) in [6.07, 6.45) is -3.70. The summed E-state index contributed by atoms with van der Waals surface area (Å²) < 4.78 is 42.0. The Labute approximate surface area is 104 Å². The third-order valence-corrected chi connectivity index (χ3v) is 2.80. The van der Waals surface area contributed by atoms with Gasteiger partial charge in [0, 0.05) is 4.47 Å². The topological polar surface area (TPSA) is 9.23 Å². The number of rotatable bonds is 2. The third kappa shape index (κ3) is 3.42. The predicted molar refractivity (Wildman–Crippen MR) is 60.6 cm³/mol. The van der Waals surface area contributed by atoms with E-state index in [0.717, 1.165) is 6.08 Å². The predicted octanol–water partition coefficient (Wildman–Crippen LogP) is 4.60. The summed E-state index contributed by atoms with van der Waals surface area (Å²) in [6.45, 7) is 0. The first-order valence-corrected chi connectivity index (χ1v) is 5.29. The minimum absolute atomic E-state index is 0.307. The fourth-order valence-electron chi connectivity index (χ4n) is 0.978. The van der Waals surface area contributed by atoms with E-state index in [0.29, 0.717) is 15.8 Å². The maximum absolute atomic E-state index is 12.2. The molecule has 0 spiro atoms. The zero-order valence-corrected chi connectivity index (χ0v) is 10.4. The minimum atomic E-state index is -4.54. The van der Waals surface area contributed by atoms with Crippen molar-refractivity contribution in [2.24, 2.45) is 0 Å². The molecule has 1 rings (SSSR count). The Kier molecular flexibility index (Phi) is 4.27. The maximum atomic E-state index is 12.2. The van der Waals surface area contributed by atoms with Crippen molar-refractivity contribution < 1.29 is 17.9 Å². The molecule has 0 unspecified atom stereocenters. The highest BCUT2D eigenvalue weighted by atomic mass is 79.9. The lowest BCUT2D eigenvalue weighted by Gasteiger charge is -2.06. The van der Waals surface area contributed by atoms with Gasteiger partial charge in [-0.05, 0) is 29.8 Å². The Balaban J connectivity index is 3.14. The maximum Gasteiger partial charge on any atom is 0.426 e. The highest BCUT2D eigenvalue weighted by Crippen LogP contribution is 2.33. The molecule has 0 atom stereocenters. The summed E-state index contributed by atoms with van der Waals surface area (Å²) in [5, 5.41) is -1.18. The van der Waals surface area contributed by atoms with E-state index in [2.05, 4.69) is 15.9 Å². The Morgan fingerprint density at radius 1 is 1.44 bits per heavy atom. The molecule has 16 heavy (non-hydrogen) atoms. The van der Waals surface area contributed by atoms with Crippen molar-refractivity contribution >= 4 is 33.6 Å². The van der Waals surface area contributed by atoms with Gasteiger partial charge in [0.1, 0.15) is 10.8 Å². The Bertz CT molecular complexity index is 415. The number of ether oxygens (including phenoxy) is 1. The zero-order valence-electron chi connectivity index (χ0n) is 8.11. The van der Waals surface area contributed by atoms with Gasteiger partial charge < -0.3 is 4.74 Å². The number of allylic oxidation sites excluding steroid dienone is 1. The summed E-state index contributed by atoms with van der Waals surface area (Å²) >= 11 is 8.26. The van der Waals surface area contributed by atoms with Crippen LogP contribution in [0.4, 0.5) is 13.2 Å². The minimum Gasteiger partial charge on any atom is -0.497 e. The molecule has 88 valence electrons. The molecule has 0 radical (unpaired) electrons. The molecule has 1 aromatic carbocycles. The molecule has 0 aliphatic rings. The number of halogens is 5. The van der Waals surface area contributed by atoms with Crippen LogP contribution < -0.4 is 4.74 Å². The van der Waals surface area contributed by atoms with Crippen molar-refractivity contribution in [2.75, 3.05) is 7.11 Å². The van der Waals surface area contributed by atoms with Crippen LogP contribution in [0.25, 0.3) is 6.08 Å². The molecule has 6 heteroatoms. The highest BCUT2D eigenvalue weighted by Gasteiger charge is 2.32. The van der Waals surface area contributed by atoms with Gasteiger partial charge in [0.25, 0.3) is 0 Å². The summed E-state index contributed by atoms with van der Waals surface area (Å²) in [5.41, 5.74) is 0.307. The zero-order chi connectivity index (χ0) is 12.3. The van der Waals surface area contributed by atoms with Crippen LogP contribution in [0.15, 0.2) is 27.7 Å². The van der Waals surface area contributed by atoms with E-state index in [4.69, 9.17) is 16.3 Å². The van der Waals surface area contributed by atoms with Crippen LogP contribution in [0.3, 0.4) is 0 Å². The Morgan fingerprint density at radius 3 is 2.56 bits per heavy atom. The van der Waals surface area contributed by atoms with Crippen LogP contribution in [-0.2, 0) is 0 Å². The smallest absolute Gasteiger partial charge is 0.426 e. The van der Waals surface area contributed by atoms with E-state index < -0.39 is 11.2 Å². The van der Waals surface area contributed by atoms with E-state index in [1.807, 2.05) is 0 Å². The number of benzene rings is 1. The number of methoxy groups -OCH3 is 1. The fourth-order valence-corrected chi connectivity index (χ4v) is 1.46. The Morgan fingerprint density at radius 2 is 2.06 bits per heavy atom. The molecule has 1 aromatic rings. The fraction of sp³-hybridized carbons (Fsp3) is 0.200. The highest BCUT2D eigenvalue weighted by molar-refractivity contribution is 9.10. The summed E-state index contributed by atoms with van der Waals surface area (Å²) in [4.78, 5) is 0. The standard InChI is InChI=1S/C10H7BrClF3O/c1-16-7-2-3-8(11)6(4-7)5-9(12)10(13,14)15/h2-5H,1H3. The van der Waals surface area contributed by atoms with Gasteiger partial charge in [0.2, 0.25) is 0 Å². The van der Waals surface area contributed by atoms with Crippen molar-refractivity contribution in [3.05, 3.63) is 33.3 Å². The average Bonchev–Trinajstić information content (AvgIpc) is 2.19. The lowest BCUT2D eigenvalue weighted by atomic mass is 10.2. The van der Waals surface area contributed by atoms with Crippen LogP contribution in [0.2, 0.25) is 0 Å². The van der Waals surface area contributed by atoms with Gasteiger partial charge in [0.15, 0.2) is 0 Å². The van der Waals surface area contributed by atoms with E-state index >= 15 is 0 Å². The lowest BCUT2D eigenvalue weighted by molar-refractivity contribution is -0.0836. The molecule has 0 saturated heterocycles. The van der Waals surface area contributed by atoms with Crippen LogP contribution in [0.5, 0.6) is 5.75 Å². The first-order valence-electron chi connectivity index (χ1n) is 4.12. The largest absolute Gasteiger partial charge is 0.497 e. The van der Waals surface area contributed by atoms with Gasteiger partial charge in [-0.15, -0.1) is 0 Å². The number of alkyl halides is 3. The van der Waals surface area contributed by atoms with Gasteiger partial charge in [-0.25, -0.2) is 0 Å². The molecule has 0 heterocycles. The second-order valence-electron chi connectivity index (χ2n) is 2.88. The van der Waals surface area contributed by atoms with Crippen LogP contribution >= 0.6 is 27.5 Å². The van der Waals surface area contributed by atoms with Crippen LogP contribution in [-0.4, -0.2) is 13.3 Å². The third-order valence-electron chi connectivity index (χ3n) is 1.76. The molecule has 0 aliphatic carbocycles. The molecular formula is C10H7BrClF3O. The van der Waals surface area contributed by atoms with Gasteiger partial charge in [0.05, 0.1) is 7.11 Å². The Hall–Kier alpha value is -0.680. The van der Waals surface area contributed by atoms with Gasteiger partial charge in [-0.1, -0.05) is 27.5 Å². The van der Waals surface area contributed by atoms with E-state index in [1.165, 1.54) is 13.2 Å². The molecular weight excluding hydrogens is 308 g/mol. The van der Waals surface area contributed by atoms with Crippen molar-refractivity contribution in [1.29, 1.82) is 0 Å². The lowest BCUT2D eigenvalue weighted by Crippen LogP contribution is -2.06. The van der Waals surface area contributed by atoms with Crippen molar-refractivity contribution in [1.82, 2.24) is 0 Å². The normalized spacial score (nSPS) is 12.8. The quantitative estimate of drug-likeness (QED) is 0.775. The molecule has 0 aliphatic heterocycles. The van der Waals surface area contributed by atoms with Crippen molar-refractivity contribution in [2.45, 2.75) is 6.18 Å². The number of hydrogen-bond donors (Lipinski definition) is 0. The average molecular weight is 316 g/mol. The van der Waals surface area contributed by atoms with E-state index in [9.17, 15) is 13.2 Å². The van der Waals surface area contributed by atoms with Crippen molar-refractivity contribution in [3.63, 3.8) is 0 Å².